The fraction of sp³-hybridized carbons (Fsp3) is 0.130. The molecular weight excluding hydrogens is 480 g/mol. The number of primary amides is 1. The van der Waals surface area contributed by atoms with E-state index in [0.29, 0.717) is 20.4 Å². The number of urea groups is 1. The number of thioether (sulfide) groups is 1. The largest absolute Gasteiger partial charge is 0.351 e. The van der Waals surface area contributed by atoms with Gasteiger partial charge in [0, 0.05) is 15.5 Å². The van der Waals surface area contributed by atoms with Crippen LogP contribution in [0.25, 0.3) is 21.3 Å². The first kappa shape index (κ1) is 23.0. The van der Waals surface area contributed by atoms with Crippen molar-refractivity contribution in [2.24, 2.45) is 5.73 Å². The van der Waals surface area contributed by atoms with Gasteiger partial charge < -0.3 is 5.73 Å². The Morgan fingerprint density at radius 2 is 1.94 bits per heavy atom. The molecule has 3 amide bonds. The Labute approximate surface area is 202 Å². The van der Waals surface area contributed by atoms with Crippen LogP contribution >= 0.6 is 34.7 Å². The van der Waals surface area contributed by atoms with Crippen LogP contribution in [-0.4, -0.2) is 27.2 Å². The smallest absolute Gasteiger partial charge is 0.318 e. The summed E-state index contributed by atoms with van der Waals surface area (Å²) in [6.45, 7) is 2.23. The minimum Gasteiger partial charge on any atom is -0.351 e. The molecule has 0 atom stereocenters. The highest BCUT2D eigenvalue weighted by Gasteiger charge is 2.21. The number of thiophene rings is 1. The first-order valence-electron chi connectivity index (χ1n) is 9.89. The van der Waals surface area contributed by atoms with Crippen molar-refractivity contribution in [3.63, 3.8) is 0 Å². The SMILES string of the molecule is Cc1sc2nc(SCC(=O)NC(N)=O)n(Cc3ccccc3)c(=O)c2c1-c1cccc(Cl)c1. The lowest BCUT2D eigenvalue weighted by atomic mass is 10.0. The second-order valence-corrected chi connectivity index (χ2v) is 9.78. The van der Waals surface area contributed by atoms with E-state index in [1.54, 1.807) is 10.6 Å². The molecule has 0 saturated heterocycles. The number of amides is 3. The zero-order valence-electron chi connectivity index (χ0n) is 17.5. The van der Waals surface area contributed by atoms with Crippen molar-refractivity contribution in [2.45, 2.75) is 18.6 Å². The lowest BCUT2D eigenvalue weighted by molar-refractivity contribution is -0.117. The number of hydrogen-bond donors (Lipinski definition) is 2. The number of carbonyl (C=O) groups excluding carboxylic acids is 2. The van der Waals surface area contributed by atoms with E-state index in [4.69, 9.17) is 22.3 Å². The van der Waals surface area contributed by atoms with Gasteiger partial charge in [0.1, 0.15) is 4.83 Å². The average molecular weight is 499 g/mol. The van der Waals surface area contributed by atoms with Crippen LogP contribution in [0, 0.1) is 6.92 Å². The Morgan fingerprint density at radius 3 is 2.64 bits per heavy atom. The normalized spacial score (nSPS) is 11.0. The van der Waals surface area contributed by atoms with Crippen LogP contribution in [0.4, 0.5) is 4.79 Å². The second kappa shape index (κ2) is 9.78. The molecule has 4 aromatic rings. The number of aryl methyl sites for hydroxylation is 1. The van der Waals surface area contributed by atoms with Crippen molar-refractivity contribution in [3.05, 3.63) is 80.4 Å². The summed E-state index contributed by atoms with van der Waals surface area (Å²) >= 11 is 8.69. The molecule has 0 radical (unpaired) electrons. The van der Waals surface area contributed by atoms with Crippen molar-refractivity contribution in [1.29, 1.82) is 0 Å². The molecule has 33 heavy (non-hydrogen) atoms. The number of nitrogens with one attached hydrogen (secondary N) is 1. The fourth-order valence-corrected chi connectivity index (χ4v) is 5.56. The summed E-state index contributed by atoms with van der Waals surface area (Å²) < 4.78 is 1.56. The molecule has 0 aliphatic heterocycles. The van der Waals surface area contributed by atoms with Crippen LogP contribution in [0.5, 0.6) is 0 Å². The third-order valence-corrected chi connectivity index (χ3v) is 7.06. The fourth-order valence-electron chi connectivity index (χ4n) is 3.49. The quantitative estimate of drug-likeness (QED) is 0.302. The lowest BCUT2D eigenvalue weighted by Gasteiger charge is -2.13. The van der Waals surface area contributed by atoms with Crippen LogP contribution in [0.3, 0.4) is 0 Å². The van der Waals surface area contributed by atoms with Crippen molar-refractivity contribution in [1.82, 2.24) is 14.9 Å². The van der Waals surface area contributed by atoms with Crippen LogP contribution in [0.15, 0.2) is 64.5 Å². The molecule has 0 fully saturated rings. The van der Waals surface area contributed by atoms with E-state index < -0.39 is 11.9 Å². The summed E-state index contributed by atoms with van der Waals surface area (Å²) in [5.41, 5.74) is 7.38. The predicted molar refractivity (Wildman–Crippen MR) is 133 cm³/mol. The summed E-state index contributed by atoms with van der Waals surface area (Å²) in [7, 11) is 0. The Kier molecular flexibility index (Phi) is 6.83. The molecule has 4 rings (SSSR count). The van der Waals surface area contributed by atoms with Gasteiger partial charge in [0.15, 0.2) is 5.16 Å². The standard InChI is InChI=1S/C23H19ClN4O3S2/c1-13-18(15-8-5-9-16(24)10-15)19-20(33-13)27-23(32-12-17(29)26-22(25)31)28(21(19)30)11-14-6-3-2-4-7-14/h2-10H,11-12H2,1H3,(H3,25,26,29,31). The Hall–Kier alpha value is -3.14. The number of fused-ring (bicyclic) bond motifs is 1. The first-order chi connectivity index (χ1) is 15.8. The van der Waals surface area contributed by atoms with E-state index in [1.807, 2.05) is 60.8 Å². The molecular formula is C23H19ClN4O3S2. The molecule has 2 aromatic carbocycles. The lowest BCUT2D eigenvalue weighted by Crippen LogP contribution is -2.36. The third kappa shape index (κ3) is 5.11. The zero-order valence-corrected chi connectivity index (χ0v) is 19.9. The Morgan fingerprint density at radius 1 is 1.18 bits per heavy atom. The molecule has 0 aliphatic carbocycles. The number of aromatic nitrogens is 2. The van der Waals surface area contributed by atoms with Gasteiger partial charge >= 0.3 is 6.03 Å². The monoisotopic (exact) mass is 498 g/mol. The van der Waals surface area contributed by atoms with Gasteiger partial charge in [0.25, 0.3) is 5.56 Å². The molecule has 10 heteroatoms. The highest BCUT2D eigenvalue weighted by atomic mass is 35.5. The van der Waals surface area contributed by atoms with E-state index >= 15 is 0 Å². The molecule has 3 N–H and O–H groups in total. The molecule has 2 aromatic heterocycles. The van der Waals surface area contributed by atoms with Gasteiger partial charge in [-0.2, -0.15) is 0 Å². The number of nitrogens with two attached hydrogens (primary N) is 1. The highest BCUT2D eigenvalue weighted by molar-refractivity contribution is 7.99. The number of rotatable bonds is 6. The molecule has 0 bridgehead atoms. The van der Waals surface area contributed by atoms with E-state index in [9.17, 15) is 14.4 Å². The number of halogens is 1. The number of imide groups is 1. The van der Waals surface area contributed by atoms with Gasteiger partial charge in [-0.15, -0.1) is 11.3 Å². The maximum atomic E-state index is 13.8. The van der Waals surface area contributed by atoms with Crippen molar-refractivity contribution in [2.75, 3.05) is 5.75 Å². The van der Waals surface area contributed by atoms with E-state index in [1.165, 1.54) is 11.3 Å². The topological polar surface area (TPSA) is 107 Å². The van der Waals surface area contributed by atoms with Gasteiger partial charge in [-0.05, 0) is 30.2 Å². The van der Waals surface area contributed by atoms with Crippen LogP contribution in [-0.2, 0) is 11.3 Å². The molecule has 168 valence electrons. The van der Waals surface area contributed by atoms with E-state index in [0.717, 1.165) is 33.3 Å². The summed E-state index contributed by atoms with van der Waals surface area (Å²) in [5.74, 6) is -0.670. The molecule has 0 aliphatic rings. The predicted octanol–water partition coefficient (Wildman–Crippen LogP) is 4.42. The molecule has 0 saturated carbocycles. The molecule has 2 heterocycles. The van der Waals surface area contributed by atoms with Gasteiger partial charge in [0.05, 0.1) is 17.7 Å². The molecule has 7 nitrogen and oxygen atoms in total. The minimum absolute atomic E-state index is 0.110. The third-order valence-electron chi connectivity index (χ3n) is 4.84. The van der Waals surface area contributed by atoms with Gasteiger partial charge in [-0.1, -0.05) is 65.8 Å². The van der Waals surface area contributed by atoms with E-state index in [-0.39, 0.29) is 17.9 Å². The van der Waals surface area contributed by atoms with Crippen LogP contribution in [0.2, 0.25) is 5.02 Å². The Balaban J connectivity index is 1.86. The van der Waals surface area contributed by atoms with Gasteiger partial charge in [0.2, 0.25) is 5.91 Å². The summed E-state index contributed by atoms with van der Waals surface area (Å²) in [6.07, 6.45) is 0. The number of carbonyl (C=O) groups is 2. The van der Waals surface area contributed by atoms with Crippen LogP contribution in [0.1, 0.15) is 10.4 Å². The van der Waals surface area contributed by atoms with Gasteiger partial charge in [-0.3, -0.25) is 19.5 Å². The average Bonchev–Trinajstić information content (AvgIpc) is 3.10. The summed E-state index contributed by atoms with van der Waals surface area (Å²) in [4.78, 5) is 42.9. The number of hydrogen-bond acceptors (Lipinski definition) is 6. The Bertz CT molecular complexity index is 1420. The summed E-state index contributed by atoms with van der Waals surface area (Å²) in [6, 6.07) is 16.0. The first-order valence-corrected chi connectivity index (χ1v) is 12.1. The second-order valence-electron chi connectivity index (χ2n) is 7.20. The zero-order chi connectivity index (χ0) is 23.5. The van der Waals surface area contributed by atoms with Crippen molar-refractivity contribution < 1.29 is 9.59 Å². The van der Waals surface area contributed by atoms with Crippen molar-refractivity contribution in [3.8, 4) is 11.1 Å². The van der Waals surface area contributed by atoms with Crippen LogP contribution < -0.4 is 16.6 Å². The highest BCUT2D eigenvalue weighted by Crippen LogP contribution is 2.37. The van der Waals surface area contributed by atoms with Gasteiger partial charge in [-0.25, -0.2) is 9.78 Å². The minimum atomic E-state index is -0.925. The number of benzene rings is 2. The maximum Gasteiger partial charge on any atom is 0.318 e. The van der Waals surface area contributed by atoms with Crippen molar-refractivity contribution >= 4 is 56.9 Å². The van der Waals surface area contributed by atoms with E-state index in [2.05, 4.69) is 0 Å². The summed E-state index contributed by atoms with van der Waals surface area (Å²) in [5, 5.41) is 3.51. The number of nitrogens with zero attached hydrogens (tertiary/aromatic N) is 2. The molecule has 0 unspecified atom stereocenters. The maximum absolute atomic E-state index is 13.8. The molecule has 0 spiro atoms.